The molecule has 2 N–H and O–H groups in total. The molecule has 0 aromatic heterocycles. The first-order chi connectivity index (χ1) is 6.74. The molecule has 0 aliphatic heterocycles. The molecule has 0 saturated heterocycles. The van der Waals surface area contributed by atoms with E-state index in [1.807, 2.05) is 30.3 Å². The molecular weight excluding hydrogens is 185 g/mol. The maximum absolute atomic E-state index is 11.9. The Bertz CT molecular complexity index is 271. The van der Waals surface area contributed by atoms with Crippen LogP contribution in [-0.4, -0.2) is 18.9 Å². The van der Waals surface area contributed by atoms with E-state index in [0.29, 0.717) is 6.42 Å². The van der Waals surface area contributed by atoms with Crippen molar-refractivity contribution in [3.63, 3.8) is 0 Å². The minimum absolute atomic E-state index is 0.250. The maximum Gasteiger partial charge on any atom is 0.373 e. The largest absolute Gasteiger partial charge is 0.373 e. The number of halogens is 1. The van der Waals surface area contributed by atoms with Crippen molar-refractivity contribution in [3.8, 4) is 0 Å². The van der Waals surface area contributed by atoms with Gasteiger partial charge in [-0.1, -0.05) is 30.3 Å². The number of rotatable bonds is 3. The van der Waals surface area contributed by atoms with Gasteiger partial charge in [-0.3, -0.25) is 0 Å². The van der Waals surface area contributed by atoms with Gasteiger partial charge in [-0.2, -0.15) is 9.59 Å². The Morgan fingerprint density at radius 2 is 1.79 bits per heavy atom. The lowest BCUT2D eigenvalue weighted by atomic mass is 10.1. The van der Waals surface area contributed by atoms with E-state index in [1.165, 1.54) is 0 Å². The summed E-state index contributed by atoms with van der Waals surface area (Å²) in [6.45, 7) is -0.450. The first-order valence-electron chi connectivity index (χ1n) is 4.09. The monoisotopic (exact) mass is 197 g/mol. The fourth-order valence-electron chi connectivity index (χ4n) is 0.971. The molecule has 0 amide bonds. The Hall–Kier alpha value is -1.51. The van der Waals surface area contributed by atoms with Crippen LogP contribution in [0.25, 0.3) is 0 Å². The molecular formula is C10H12FNO2. The quantitative estimate of drug-likeness (QED) is 0.784. The molecule has 1 atom stereocenters. The zero-order valence-electron chi connectivity index (χ0n) is 7.65. The average molecular weight is 197 g/mol. The maximum atomic E-state index is 11.9. The molecule has 76 valence electrons. The van der Waals surface area contributed by atoms with Crippen molar-refractivity contribution in [3.05, 3.63) is 35.9 Å². The number of carbonyl (C=O) groups excluding carboxylic acids is 2. The van der Waals surface area contributed by atoms with Crippen LogP contribution in [0.15, 0.2) is 30.3 Å². The smallest absolute Gasteiger partial charge is 0.325 e. The molecule has 0 radical (unpaired) electrons. The van der Waals surface area contributed by atoms with Crippen LogP contribution >= 0.6 is 0 Å². The fraction of sp³-hybridized carbons (Fsp3) is 0.300. The number of hydrogen-bond acceptors (Lipinski definition) is 3. The van der Waals surface area contributed by atoms with E-state index in [4.69, 9.17) is 15.3 Å². The molecule has 0 heterocycles. The van der Waals surface area contributed by atoms with Crippen LogP contribution in [0, 0.1) is 0 Å². The third-order valence-corrected chi connectivity index (χ3v) is 1.54. The number of benzene rings is 1. The van der Waals surface area contributed by atoms with E-state index in [0.717, 1.165) is 5.56 Å². The number of hydrogen-bond donors (Lipinski definition) is 1. The summed E-state index contributed by atoms with van der Waals surface area (Å²) in [5.74, 6) is 0. The molecule has 3 nitrogen and oxygen atoms in total. The minimum atomic E-state index is -0.450. The highest BCUT2D eigenvalue weighted by Crippen LogP contribution is 2.01. The molecule has 1 aromatic carbocycles. The van der Waals surface area contributed by atoms with Gasteiger partial charge < -0.3 is 5.73 Å². The summed E-state index contributed by atoms with van der Waals surface area (Å²) in [7, 11) is 0. The molecule has 0 fully saturated rings. The summed E-state index contributed by atoms with van der Waals surface area (Å²) in [5, 5.41) is 0. The van der Waals surface area contributed by atoms with Gasteiger partial charge in [-0.15, -0.1) is 0 Å². The van der Waals surface area contributed by atoms with Gasteiger partial charge in [0.15, 0.2) is 0 Å². The Kier molecular flexibility index (Phi) is 7.23. The molecule has 0 bridgehead atoms. The van der Waals surface area contributed by atoms with Crippen LogP contribution < -0.4 is 5.73 Å². The molecule has 0 saturated carbocycles. The van der Waals surface area contributed by atoms with Gasteiger partial charge in [0, 0.05) is 6.04 Å². The Balaban J connectivity index is 0.000000500. The normalized spacial score (nSPS) is 10.7. The van der Waals surface area contributed by atoms with Gasteiger partial charge in [0.1, 0.15) is 6.67 Å². The highest BCUT2D eigenvalue weighted by molar-refractivity contribution is 5.20. The first kappa shape index (κ1) is 12.5. The second-order valence-electron chi connectivity index (χ2n) is 2.69. The van der Waals surface area contributed by atoms with E-state index >= 15 is 0 Å². The standard InChI is InChI=1S/C9H12FN.CO2/c10-7-9(11)6-8-4-2-1-3-5-8;2-1-3/h1-5,9H,6-7,11H2;. The van der Waals surface area contributed by atoms with Crippen LogP contribution in [0.1, 0.15) is 5.56 Å². The van der Waals surface area contributed by atoms with Crippen LogP contribution in [0.2, 0.25) is 0 Å². The summed E-state index contributed by atoms with van der Waals surface area (Å²) in [4.78, 5) is 16.2. The second-order valence-corrected chi connectivity index (χ2v) is 2.69. The minimum Gasteiger partial charge on any atom is -0.325 e. The topological polar surface area (TPSA) is 60.2 Å². The molecule has 14 heavy (non-hydrogen) atoms. The van der Waals surface area contributed by atoms with E-state index in [-0.39, 0.29) is 12.2 Å². The van der Waals surface area contributed by atoms with Crippen molar-refractivity contribution in [2.45, 2.75) is 12.5 Å². The lowest BCUT2D eigenvalue weighted by Crippen LogP contribution is -2.24. The van der Waals surface area contributed by atoms with Crippen molar-refractivity contribution < 1.29 is 14.0 Å². The van der Waals surface area contributed by atoms with Crippen LogP contribution in [0.4, 0.5) is 4.39 Å². The Labute approximate surface area is 81.7 Å². The van der Waals surface area contributed by atoms with Gasteiger partial charge in [0.25, 0.3) is 0 Å². The summed E-state index contributed by atoms with van der Waals surface area (Å²) in [6, 6.07) is 9.35. The van der Waals surface area contributed by atoms with Crippen molar-refractivity contribution in [2.24, 2.45) is 5.73 Å². The zero-order chi connectivity index (χ0) is 10.8. The lowest BCUT2D eigenvalue weighted by molar-refractivity contribution is -0.191. The van der Waals surface area contributed by atoms with Crippen molar-refractivity contribution >= 4 is 6.15 Å². The molecule has 1 aromatic rings. The SMILES string of the molecule is NC(CF)Cc1ccccc1.O=C=O. The Morgan fingerprint density at radius 3 is 2.21 bits per heavy atom. The molecule has 4 heteroatoms. The second kappa shape index (κ2) is 8.10. The van der Waals surface area contributed by atoms with Crippen molar-refractivity contribution in [1.82, 2.24) is 0 Å². The highest BCUT2D eigenvalue weighted by Gasteiger charge is 2.01. The number of alkyl halides is 1. The third kappa shape index (κ3) is 6.06. The van der Waals surface area contributed by atoms with Gasteiger partial charge in [0.05, 0.1) is 0 Å². The van der Waals surface area contributed by atoms with Crippen LogP contribution in [-0.2, 0) is 16.0 Å². The van der Waals surface area contributed by atoms with Gasteiger partial charge >= 0.3 is 6.15 Å². The summed E-state index contributed by atoms with van der Waals surface area (Å²) >= 11 is 0. The lowest BCUT2D eigenvalue weighted by Gasteiger charge is -2.05. The molecule has 0 aliphatic rings. The molecule has 1 unspecified atom stereocenters. The predicted octanol–water partition coefficient (Wildman–Crippen LogP) is 0.942. The summed E-state index contributed by atoms with van der Waals surface area (Å²) < 4.78 is 11.9. The summed E-state index contributed by atoms with van der Waals surface area (Å²) in [5.41, 5.74) is 6.53. The number of nitrogens with two attached hydrogens (primary N) is 1. The van der Waals surface area contributed by atoms with Crippen molar-refractivity contribution in [2.75, 3.05) is 6.67 Å². The van der Waals surface area contributed by atoms with Gasteiger partial charge in [0.2, 0.25) is 0 Å². The third-order valence-electron chi connectivity index (χ3n) is 1.54. The fourth-order valence-corrected chi connectivity index (χ4v) is 0.971. The first-order valence-corrected chi connectivity index (χ1v) is 4.09. The van der Waals surface area contributed by atoms with E-state index in [1.54, 1.807) is 0 Å². The van der Waals surface area contributed by atoms with Crippen LogP contribution in [0.3, 0.4) is 0 Å². The molecule has 1 rings (SSSR count). The summed E-state index contributed by atoms with van der Waals surface area (Å²) in [6.07, 6.45) is 0.872. The van der Waals surface area contributed by atoms with E-state index < -0.39 is 6.67 Å². The average Bonchev–Trinajstić information content (AvgIpc) is 2.20. The highest BCUT2D eigenvalue weighted by atomic mass is 19.1. The molecule has 0 spiro atoms. The van der Waals surface area contributed by atoms with Crippen LogP contribution in [0.5, 0.6) is 0 Å². The van der Waals surface area contributed by atoms with Crippen molar-refractivity contribution in [1.29, 1.82) is 0 Å². The Morgan fingerprint density at radius 1 is 1.29 bits per heavy atom. The van der Waals surface area contributed by atoms with E-state index in [2.05, 4.69) is 0 Å². The zero-order valence-corrected chi connectivity index (χ0v) is 7.65. The predicted molar refractivity (Wildman–Crippen MR) is 49.1 cm³/mol. The van der Waals surface area contributed by atoms with E-state index in [9.17, 15) is 4.39 Å². The van der Waals surface area contributed by atoms with Gasteiger partial charge in [-0.25, -0.2) is 4.39 Å². The molecule has 0 aliphatic carbocycles. The van der Waals surface area contributed by atoms with Gasteiger partial charge in [-0.05, 0) is 12.0 Å².